The van der Waals surface area contributed by atoms with E-state index in [2.05, 4.69) is 40.3 Å². The molecule has 0 aliphatic carbocycles. The van der Waals surface area contributed by atoms with Crippen molar-refractivity contribution in [2.45, 2.75) is 44.2 Å². The largest absolute Gasteiger partial charge is 0.494 e. The van der Waals surface area contributed by atoms with E-state index in [4.69, 9.17) is 9.15 Å². The quantitative estimate of drug-likeness (QED) is 0.528. The van der Waals surface area contributed by atoms with Gasteiger partial charge in [-0.3, -0.25) is 9.45 Å². The molecule has 0 atom stereocenters. The van der Waals surface area contributed by atoms with Gasteiger partial charge in [0, 0.05) is 25.7 Å². The molecule has 2 heterocycles. The summed E-state index contributed by atoms with van der Waals surface area (Å²) in [5, 5.41) is 3.31. The van der Waals surface area contributed by atoms with E-state index in [0.29, 0.717) is 23.7 Å². The summed E-state index contributed by atoms with van der Waals surface area (Å²) in [5.41, 5.74) is 3.25. The van der Waals surface area contributed by atoms with Gasteiger partial charge in [0.25, 0.3) is 16.1 Å². The molecule has 166 valence electrons. The number of likely N-dealkylation sites (tertiary alicyclic amines) is 1. The zero-order valence-corrected chi connectivity index (χ0v) is 18.5. The molecule has 4 rings (SSSR count). The number of ether oxygens (including phenoxy) is 1. The summed E-state index contributed by atoms with van der Waals surface area (Å²) in [6.07, 6.45) is 1.89. The van der Waals surface area contributed by atoms with Crippen LogP contribution < -0.4 is 10.1 Å². The second kappa shape index (κ2) is 8.86. The number of anilines is 1. The lowest BCUT2D eigenvalue weighted by molar-refractivity contribution is 0.210. The number of aromatic nitrogens is 1. The summed E-state index contributed by atoms with van der Waals surface area (Å²) in [4.78, 5) is 6.54. The van der Waals surface area contributed by atoms with Gasteiger partial charge in [0.05, 0.1) is 11.5 Å². The molecule has 0 amide bonds. The van der Waals surface area contributed by atoms with Crippen molar-refractivity contribution in [3.05, 3.63) is 47.5 Å². The fourth-order valence-corrected chi connectivity index (χ4v) is 4.35. The molecule has 8 nitrogen and oxygen atoms in total. The molecule has 9 heteroatoms. The van der Waals surface area contributed by atoms with Gasteiger partial charge in [0.15, 0.2) is 5.58 Å². The molecule has 1 saturated heterocycles. The lowest BCUT2D eigenvalue weighted by Gasteiger charge is -2.32. The predicted octanol–water partition coefficient (Wildman–Crippen LogP) is 3.86. The summed E-state index contributed by atoms with van der Waals surface area (Å²) in [6, 6.07) is 11.1. The first-order valence-corrected chi connectivity index (χ1v) is 11.8. The number of hydrogen-bond acceptors (Lipinski definition) is 7. The van der Waals surface area contributed by atoms with Gasteiger partial charge in [0.2, 0.25) is 0 Å². The Labute approximate surface area is 182 Å². The molecule has 3 aromatic rings. The van der Waals surface area contributed by atoms with E-state index in [1.54, 1.807) is 0 Å². The van der Waals surface area contributed by atoms with Crippen LogP contribution in [0.15, 0.2) is 45.7 Å². The molecule has 2 N–H and O–H groups in total. The normalized spacial score (nSPS) is 16.0. The van der Waals surface area contributed by atoms with E-state index in [1.807, 2.05) is 6.92 Å². The van der Waals surface area contributed by atoms with Crippen LogP contribution in [0.3, 0.4) is 0 Å². The van der Waals surface area contributed by atoms with Crippen LogP contribution in [0, 0.1) is 6.92 Å². The molecule has 1 aliphatic heterocycles. The first kappa shape index (κ1) is 21.6. The Morgan fingerprint density at radius 3 is 2.71 bits per heavy atom. The van der Waals surface area contributed by atoms with E-state index in [1.165, 1.54) is 23.8 Å². The molecule has 0 radical (unpaired) electrons. The van der Waals surface area contributed by atoms with Crippen molar-refractivity contribution in [1.29, 1.82) is 0 Å². The molecule has 0 unspecified atom stereocenters. The third-order valence-corrected chi connectivity index (χ3v) is 6.38. The highest BCUT2D eigenvalue weighted by Gasteiger charge is 2.21. The third-order valence-electron chi connectivity index (χ3n) is 5.53. The Morgan fingerprint density at radius 2 is 2.00 bits per heavy atom. The molecule has 1 aromatic heterocycles. The highest BCUT2D eigenvalue weighted by Crippen LogP contribution is 2.25. The highest BCUT2D eigenvalue weighted by atomic mass is 32.2. The SMILES string of the molecule is CCOc1cc(CN2CCC(Nc3nc4cc(S(=O)(=O)O)ccc4o3)CC2)ccc1C. The number of hydrogen-bond donors (Lipinski definition) is 2. The van der Waals surface area contributed by atoms with Crippen LogP contribution >= 0.6 is 0 Å². The fourth-order valence-electron chi connectivity index (χ4n) is 3.85. The molecule has 0 saturated carbocycles. The van der Waals surface area contributed by atoms with E-state index in [0.717, 1.165) is 43.8 Å². The maximum Gasteiger partial charge on any atom is 0.295 e. The summed E-state index contributed by atoms with van der Waals surface area (Å²) in [5.74, 6) is 0.949. The number of aryl methyl sites for hydroxylation is 1. The molecule has 0 bridgehead atoms. The molecule has 31 heavy (non-hydrogen) atoms. The minimum absolute atomic E-state index is 0.197. The number of nitrogens with one attached hydrogen (secondary N) is 1. The lowest BCUT2D eigenvalue weighted by atomic mass is 10.0. The number of piperidine rings is 1. The minimum Gasteiger partial charge on any atom is -0.494 e. The van der Waals surface area contributed by atoms with Gasteiger partial charge in [-0.05, 0) is 62.1 Å². The summed E-state index contributed by atoms with van der Waals surface area (Å²) in [6.45, 7) is 7.49. The van der Waals surface area contributed by atoms with E-state index in [-0.39, 0.29) is 10.9 Å². The van der Waals surface area contributed by atoms with Crippen LogP contribution in [0.4, 0.5) is 6.01 Å². The standard InChI is InChI=1S/C22H27N3O5S/c1-3-29-21-12-16(5-4-15(21)2)14-25-10-8-17(9-11-25)23-22-24-19-13-18(31(26,27)28)6-7-20(19)30-22/h4-7,12-13,17H,3,8-11,14H2,1-2H3,(H,23,24)(H,26,27,28). The summed E-state index contributed by atoms with van der Waals surface area (Å²) < 4.78 is 43.2. The Kier molecular flexibility index (Phi) is 6.17. The van der Waals surface area contributed by atoms with Gasteiger partial charge < -0.3 is 14.5 Å². The average molecular weight is 446 g/mol. The molecule has 2 aromatic carbocycles. The van der Waals surface area contributed by atoms with Crippen molar-refractivity contribution in [1.82, 2.24) is 9.88 Å². The van der Waals surface area contributed by atoms with Crippen molar-refractivity contribution in [3.63, 3.8) is 0 Å². The number of rotatable bonds is 7. The fraction of sp³-hybridized carbons (Fsp3) is 0.409. The number of benzene rings is 2. The van der Waals surface area contributed by atoms with Crippen molar-refractivity contribution >= 4 is 27.2 Å². The monoisotopic (exact) mass is 445 g/mol. The van der Waals surface area contributed by atoms with Crippen molar-refractivity contribution < 1.29 is 22.1 Å². The first-order chi connectivity index (χ1) is 14.8. The van der Waals surface area contributed by atoms with Gasteiger partial charge >= 0.3 is 0 Å². The Morgan fingerprint density at radius 1 is 1.23 bits per heavy atom. The molecule has 0 spiro atoms. The topological polar surface area (TPSA) is 105 Å². The Balaban J connectivity index is 1.34. The Hall–Kier alpha value is -2.62. The minimum atomic E-state index is -4.27. The van der Waals surface area contributed by atoms with Gasteiger partial charge in [-0.15, -0.1) is 0 Å². The smallest absolute Gasteiger partial charge is 0.295 e. The number of nitrogens with zero attached hydrogens (tertiary/aromatic N) is 2. The lowest BCUT2D eigenvalue weighted by Crippen LogP contribution is -2.38. The van der Waals surface area contributed by atoms with Crippen LogP contribution in [0.5, 0.6) is 5.75 Å². The van der Waals surface area contributed by atoms with E-state index in [9.17, 15) is 13.0 Å². The van der Waals surface area contributed by atoms with Crippen molar-refractivity contribution in [2.75, 3.05) is 25.0 Å². The molecule has 1 aliphatic rings. The van der Waals surface area contributed by atoms with Gasteiger partial charge in [-0.1, -0.05) is 12.1 Å². The maximum absolute atomic E-state index is 11.3. The second-order valence-electron chi connectivity index (χ2n) is 7.85. The predicted molar refractivity (Wildman–Crippen MR) is 118 cm³/mol. The molecule has 1 fully saturated rings. The zero-order chi connectivity index (χ0) is 22.0. The zero-order valence-electron chi connectivity index (χ0n) is 17.7. The van der Waals surface area contributed by atoms with Crippen molar-refractivity contribution in [2.24, 2.45) is 0 Å². The molecular weight excluding hydrogens is 418 g/mol. The third kappa shape index (κ3) is 5.17. The Bertz CT molecular complexity index is 1170. The van der Waals surface area contributed by atoms with Crippen LogP contribution in [0.25, 0.3) is 11.1 Å². The van der Waals surface area contributed by atoms with Crippen molar-refractivity contribution in [3.8, 4) is 5.75 Å². The van der Waals surface area contributed by atoms with Crippen LogP contribution in [0.2, 0.25) is 0 Å². The van der Waals surface area contributed by atoms with E-state index < -0.39 is 10.1 Å². The number of fused-ring (bicyclic) bond motifs is 1. The van der Waals surface area contributed by atoms with Crippen LogP contribution in [-0.2, 0) is 16.7 Å². The van der Waals surface area contributed by atoms with Crippen LogP contribution in [0.1, 0.15) is 30.9 Å². The maximum atomic E-state index is 11.3. The van der Waals surface area contributed by atoms with Gasteiger partial charge in [0.1, 0.15) is 11.3 Å². The number of oxazole rings is 1. The summed E-state index contributed by atoms with van der Waals surface area (Å²) >= 11 is 0. The molecular formula is C22H27N3O5S. The van der Waals surface area contributed by atoms with E-state index >= 15 is 0 Å². The van der Waals surface area contributed by atoms with Crippen LogP contribution in [-0.4, -0.2) is 48.6 Å². The van der Waals surface area contributed by atoms with Gasteiger partial charge in [-0.25, -0.2) is 0 Å². The van der Waals surface area contributed by atoms with Gasteiger partial charge in [-0.2, -0.15) is 13.4 Å². The first-order valence-electron chi connectivity index (χ1n) is 10.4. The average Bonchev–Trinajstić information content (AvgIpc) is 3.13. The highest BCUT2D eigenvalue weighted by molar-refractivity contribution is 7.85. The second-order valence-corrected chi connectivity index (χ2v) is 9.27. The summed E-state index contributed by atoms with van der Waals surface area (Å²) in [7, 11) is -4.27.